The zero-order chi connectivity index (χ0) is 33.1. The molecule has 0 saturated heterocycles. The Hall–Kier alpha value is -2.21. The maximum Gasteiger partial charge on any atom is 0.220 e. The molecule has 0 radical (unpaired) electrons. The van der Waals surface area contributed by atoms with Crippen LogP contribution in [0.3, 0.4) is 0 Å². The van der Waals surface area contributed by atoms with Gasteiger partial charge < -0.3 is 20.6 Å². The summed E-state index contributed by atoms with van der Waals surface area (Å²) in [6, 6.07) is -0.667. The highest BCUT2D eigenvalue weighted by Gasteiger charge is 2.17. The molecule has 4 N–H and O–H groups in total. The van der Waals surface area contributed by atoms with E-state index in [2.05, 4.69) is 49.5 Å². The van der Waals surface area contributed by atoms with Crippen LogP contribution in [-0.2, 0) is 4.79 Å². The number of unbranched alkanes of at least 4 members (excludes halogenated alkanes) is 14. The van der Waals surface area contributed by atoms with E-state index in [1.165, 1.54) is 77.0 Å². The van der Waals surface area contributed by atoms with Gasteiger partial charge in [0, 0.05) is 6.42 Å². The average molecular weight is 628 g/mol. The topological polar surface area (TPSA) is 89.8 Å². The smallest absolute Gasteiger partial charge is 0.220 e. The van der Waals surface area contributed by atoms with Crippen LogP contribution < -0.4 is 5.32 Å². The van der Waals surface area contributed by atoms with Crippen molar-refractivity contribution in [1.82, 2.24) is 5.32 Å². The number of hydrogen-bond acceptors (Lipinski definition) is 4. The number of nitrogens with one attached hydrogen (secondary N) is 1. The Labute approximate surface area is 277 Å². The first-order chi connectivity index (χ1) is 22.0. The molecule has 1 unspecified atom stereocenters. The van der Waals surface area contributed by atoms with Crippen LogP contribution >= 0.6 is 0 Å². The van der Waals surface area contributed by atoms with Gasteiger partial charge in [-0.3, -0.25) is 4.79 Å². The second-order valence-corrected chi connectivity index (χ2v) is 12.1. The van der Waals surface area contributed by atoms with Crippen molar-refractivity contribution in [2.75, 3.05) is 6.61 Å². The summed E-state index contributed by atoms with van der Waals surface area (Å²) in [7, 11) is 0. The summed E-state index contributed by atoms with van der Waals surface area (Å²) in [4.78, 5) is 12.3. The second-order valence-electron chi connectivity index (χ2n) is 12.1. The molecule has 0 aliphatic heterocycles. The minimum Gasteiger partial charge on any atom is -0.394 e. The van der Waals surface area contributed by atoms with Gasteiger partial charge in [0.25, 0.3) is 0 Å². The molecule has 0 aliphatic carbocycles. The molecular weight excluding hydrogens is 558 g/mol. The zero-order valence-corrected chi connectivity index (χ0v) is 29.0. The third-order valence-electron chi connectivity index (χ3n) is 7.77. The van der Waals surface area contributed by atoms with E-state index in [1.54, 1.807) is 6.08 Å². The Kier molecular flexibility index (Phi) is 33.0. The molecule has 0 heterocycles. The molecule has 0 aromatic rings. The van der Waals surface area contributed by atoms with Gasteiger partial charge in [-0.05, 0) is 51.4 Å². The van der Waals surface area contributed by atoms with Crippen molar-refractivity contribution in [1.29, 1.82) is 0 Å². The van der Waals surface area contributed by atoms with Gasteiger partial charge in [-0.1, -0.05) is 164 Å². The molecule has 0 aromatic heterocycles. The Morgan fingerprint density at radius 1 is 0.622 bits per heavy atom. The molecule has 258 valence electrons. The summed E-state index contributed by atoms with van der Waals surface area (Å²) in [6.07, 6.45) is 46.1. The van der Waals surface area contributed by atoms with E-state index < -0.39 is 18.2 Å². The van der Waals surface area contributed by atoms with Gasteiger partial charge in [-0.25, -0.2) is 0 Å². The van der Waals surface area contributed by atoms with Gasteiger partial charge in [0.2, 0.25) is 5.91 Å². The maximum atomic E-state index is 12.3. The largest absolute Gasteiger partial charge is 0.394 e. The van der Waals surface area contributed by atoms with Crippen molar-refractivity contribution in [2.45, 2.75) is 167 Å². The lowest BCUT2D eigenvalue weighted by Gasteiger charge is -2.19. The first kappa shape index (κ1) is 42.8. The molecule has 0 rings (SSSR count). The quantitative estimate of drug-likeness (QED) is 0.0350. The van der Waals surface area contributed by atoms with E-state index in [0.29, 0.717) is 12.8 Å². The fourth-order valence-electron chi connectivity index (χ4n) is 4.94. The summed E-state index contributed by atoms with van der Waals surface area (Å²) in [5.41, 5.74) is 0. The molecule has 45 heavy (non-hydrogen) atoms. The first-order valence-electron chi connectivity index (χ1n) is 18.3. The predicted octanol–water partition coefficient (Wildman–Crippen LogP) is 9.75. The lowest BCUT2D eigenvalue weighted by Crippen LogP contribution is -2.45. The van der Waals surface area contributed by atoms with Crippen LogP contribution in [0.4, 0.5) is 0 Å². The number of amides is 1. The summed E-state index contributed by atoms with van der Waals surface area (Å²) in [6.45, 7) is 4.03. The van der Waals surface area contributed by atoms with Crippen LogP contribution in [0.25, 0.3) is 0 Å². The zero-order valence-electron chi connectivity index (χ0n) is 29.0. The highest BCUT2D eigenvalue weighted by molar-refractivity contribution is 5.76. The van der Waals surface area contributed by atoms with Crippen LogP contribution in [0.15, 0.2) is 72.9 Å². The van der Waals surface area contributed by atoms with E-state index in [9.17, 15) is 20.1 Å². The number of allylic oxidation sites excluding steroid dienone is 9. The van der Waals surface area contributed by atoms with Gasteiger partial charge in [-0.2, -0.15) is 0 Å². The Morgan fingerprint density at radius 2 is 1.18 bits per heavy atom. The molecule has 5 nitrogen and oxygen atoms in total. The van der Waals surface area contributed by atoms with Crippen molar-refractivity contribution >= 4 is 5.91 Å². The molecule has 1 amide bonds. The van der Waals surface area contributed by atoms with Gasteiger partial charge >= 0.3 is 0 Å². The Balaban J connectivity index is 3.82. The molecule has 0 aromatic carbocycles. The predicted molar refractivity (Wildman–Crippen MR) is 194 cm³/mol. The lowest BCUT2D eigenvalue weighted by atomic mass is 10.0. The molecule has 0 aliphatic rings. The minimum atomic E-state index is -0.876. The highest BCUT2D eigenvalue weighted by Crippen LogP contribution is 2.13. The molecule has 0 saturated carbocycles. The standard InChI is InChI=1S/C40H69NO4/c1-3-5-7-8-9-10-11-12-13-14-18-21-24-27-30-34-39(44)38(36-42)41-40(45)35-31-28-25-22-19-16-15-17-20-23-26-29-33-37(43)32-6-4-2/h6,15-16,20,22-23,25-26,29-30,32,34,37-39,42-44H,3-5,7-14,17-19,21,24,27-28,31,33,35-36H2,1-2H3,(H,41,45)/b16-15-,23-20-,25-22-,29-26+,32-6-,34-30+/t37?,38-,39+/m0/s1. The van der Waals surface area contributed by atoms with Crippen LogP contribution in [0.1, 0.15) is 149 Å². The van der Waals surface area contributed by atoms with Crippen molar-refractivity contribution in [3.63, 3.8) is 0 Å². The average Bonchev–Trinajstić information content (AvgIpc) is 3.04. The summed E-state index contributed by atoms with van der Waals surface area (Å²) in [5, 5.41) is 32.5. The number of rotatable bonds is 31. The molecule has 5 heteroatoms. The number of carbonyl (C=O) groups is 1. The summed E-state index contributed by atoms with van der Waals surface area (Å²) >= 11 is 0. The third-order valence-corrected chi connectivity index (χ3v) is 7.77. The van der Waals surface area contributed by atoms with Crippen molar-refractivity contribution in [3.05, 3.63) is 72.9 Å². The molecule has 0 spiro atoms. The fourth-order valence-corrected chi connectivity index (χ4v) is 4.94. The Bertz CT molecular complexity index is 826. The van der Waals surface area contributed by atoms with Crippen molar-refractivity contribution < 1.29 is 20.1 Å². The van der Waals surface area contributed by atoms with E-state index in [4.69, 9.17) is 0 Å². The number of aliphatic hydroxyl groups excluding tert-OH is 3. The van der Waals surface area contributed by atoms with E-state index in [0.717, 1.165) is 44.9 Å². The van der Waals surface area contributed by atoms with Crippen LogP contribution in [0.2, 0.25) is 0 Å². The van der Waals surface area contributed by atoms with Gasteiger partial charge in [-0.15, -0.1) is 0 Å². The van der Waals surface area contributed by atoms with Crippen molar-refractivity contribution in [3.8, 4) is 0 Å². The van der Waals surface area contributed by atoms with Gasteiger partial charge in [0.05, 0.1) is 24.9 Å². The minimum absolute atomic E-state index is 0.140. The molecule has 0 fully saturated rings. The summed E-state index contributed by atoms with van der Waals surface area (Å²) in [5.74, 6) is -0.140. The van der Waals surface area contributed by atoms with Crippen molar-refractivity contribution in [2.24, 2.45) is 0 Å². The number of carbonyl (C=O) groups excluding carboxylic acids is 1. The van der Waals surface area contributed by atoms with Gasteiger partial charge in [0.15, 0.2) is 0 Å². The number of hydrogen-bond donors (Lipinski definition) is 4. The van der Waals surface area contributed by atoms with E-state index in [-0.39, 0.29) is 12.5 Å². The maximum absolute atomic E-state index is 12.3. The van der Waals surface area contributed by atoms with Crippen LogP contribution in [-0.4, -0.2) is 46.1 Å². The number of aliphatic hydroxyl groups is 3. The Morgan fingerprint density at radius 3 is 1.80 bits per heavy atom. The van der Waals surface area contributed by atoms with Gasteiger partial charge in [0.1, 0.15) is 0 Å². The van der Waals surface area contributed by atoms with Crippen LogP contribution in [0, 0.1) is 0 Å². The van der Waals surface area contributed by atoms with E-state index >= 15 is 0 Å². The normalized spacial score (nSPS) is 14.7. The molecule has 3 atom stereocenters. The second kappa shape index (κ2) is 34.7. The molecule has 0 bridgehead atoms. The molecular formula is C40H69NO4. The first-order valence-corrected chi connectivity index (χ1v) is 18.3. The lowest BCUT2D eigenvalue weighted by molar-refractivity contribution is -0.122. The SMILES string of the molecule is CC/C=C\C(O)C/C=C/C=C\C/C=C\C/C=C\CCCC(=O)N[C@@H](CO)[C@H](O)/C=C/CCCCCCCCCCCCCCC. The van der Waals surface area contributed by atoms with E-state index in [1.807, 2.05) is 36.5 Å². The fraction of sp³-hybridized carbons (Fsp3) is 0.675. The highest BCUT2D eigenvalue weighted by atomic mass is 16.3. The third kappa shape index (κ3) is 31.6. The summed E-state index contributed by atoms with van der Waals surface area (Å²) < 4.78 is 0. The van der Waals surface area contributed by atoms with Crippen LogP contribution in [0.5, 0.6) is 0 Å². The monoisotopic (exact) mass is 628 g/mol.